The standard InChI is InChI=1S/C19H14F2N2O/c1-12-5-8-18(24-12)19-22-16-7-6-15(21)10-17(16)23(19)11-13-3-2-4-14(20)9-13/h2-10H,11H2,1H3. The van der Waals surface area contributed by atoms with Crippen LogP contribution in [0.2, 0.25) is 0 Å². The van der Waals surface area contributed by atoms with Crippen molar-refractivity contribution < 1.29 is 13.2 Å². The molecule has 0 spiro atoms. The Morgan fingerprint density at radius 1 is 1.00 bits per heavy atom. The average Bonchev–Trinajstić information content (AvgIpc) is 3.12. The summed E-state index contributed by atoms with van der Waals surface area (Å²) in [5, 5.41) is 0. The molecular weight excluding hydrogens is 310 g/mol. The van der Waals surface area contributed by atoms with E-state index in [0.717, 1.165) is 11.3 Å². The van der Waals surface area contributed by atoms with Crippen LogP contribution in [0.5, 0.6) is 0 Å². The van der Waals surface area contributed by atoms with Crippen molar-refractivity contribution in [1.82, 2.24) is 9.55 Å². The fourth-order valence-electron chi connectivity index (χ4n) is 2.82. The summed E-state index contributed by atoms with van der Waals surface area (Å²) >= 11 is 0. The highest BCUT2D eigenvalue weighted by atomic mass is 19.1. The summed E-state index contributed by atoms with van der Waals surface area (Å²) in [5.41, 5.74) is 2.07. The number of fused-ring (bicyclic) bond motifs is 1. The molecule has 120 valence electrons. The molecule has 0 aliphatic carbocycles. The molecule has 0 aliphatic rings. The van der Waals surface area contributed by atoms with Gasteiger partial charge in [-0.25, -0.2) is 13.8 Å². The van der Waals surface area contributed by atoms with Gasteiger partial charge in [0, 0.05) is 6.54 Å². The van der Waals surface area contributed by atoms with Gasteiger partial charge in [0.1, 0.15) is 17.4 Å². The molecule has 3 nitrogen and oxygen atoms in total. The molecule has 4 rings (SSSR count). The SMILES string of the molecule is Cc1ccc(-c2nc3ccc(F)cc3n2Cc2cccc(F)c2)o1. The molecule has 0 bridgehead atoms. The van der Waals surface area contributed by atoms with E-state index >= 15 is 0 Å². The Bertz CT molecular complexity index is 1030. The van der Waals surface area contributed by atoms with Crippen LogP contribution in [0.4, 0.5) is 8.78 Å². The summed E-state index contributed by atoms with van der Waals surface area (Å²) in [7, 11) is 0. The van der Waals surface area contributed by atoms with E-state index < -0.39 is 0 Å². The minimum atomic E-state index is -0.343. The van der Waals surface area contributed by atoms with Crippen LogP contribution in [-0.2, 0) is 6.54 Å². The number of benzene rings is 2. The van der Waals surface area contributed by atoms with E-state index in [1.54, 1.807) is 12.1 Å². The first-order valence-corrected chi connectivity index (χ1v) is 7.57. The van der Waals surface area contributed by atoms with Crippen molar-refractivity contribution in [2.75, 3.05) is 0 Å². The average molecular weight is 324 g/mol. The van der Waals surface area contributed by atoms with Crippen LogP contribution < -0.4 is 0 Å². The number of hydrogen-bond donors (Lipinski definition) is 0. The summed E-state index contributed by atoms with van der Waals surface area (Å²) in [4.78, 5) is 4.56. The summed E-state index contributed by atoms with van der Waals surface area (Å²) in [6, 6.07) is 14.4. The second kappa shape index (κ2) is 5.60. The minimum absolute atomic E-state index is 0.307. The Kier molecular flexibility index (Phi) is 3.41. The number of hydrogen-bond acceptors (Lipinski definition) is 2. The molecule has 0 fully saturated rings. The normalized spacial score (nSPS) is 11.3. The monoisotopic (exact) mass is 324 g/mol. The smallest absolute Gasteiger partial charge is 0.177 e. The lowest BCUT2D eigenvalue weighted by molar-refractivity contribution is 0.540. The molecular formula is C19H14F2N2O. The van der Waals surface area contributed by atoms with E-state index in [1.165, 1.54) is 24.3 Å². The van der Waals surface area contributed by atoms with E-state index in [1.807, 2.05) is 29.7 Å². The second-order valence-corrected chi connectivity index (χ2v) is 5.69. The highest BCUT2D eigenvalue weighted by Gasteiger charge is 2.16. The molecule has 0 N–H and O–H groups in total. The third kappa shape index (κ3) is 2.58. The zero-order chi connectivity index (χ0) is 16.7. The number of nitrogens with zero attached hydrogens (tertiary/aromatic N) is 2. The third-order valence-electron chi connectivity index (χ3n) is 3.90. The molecule has 0 aliphatic heterocycles. The fraction of sp³-hybridized carbons (Fsp3) is 0.105. The van der Waals surface area contributed by atoms with Crippen LogP contribution in [-0.4, -0.2) is 9.55 Å². The largest absolute Gasteiger partial charge is 0.458 e. The van der Waals surface area contributed by atoms with Gasteiger partial charge < -0.3 is 8.98 Å². The van der Waals surface area contributed by atoms with E-state index in [0.29, 0.717) is 29.2 Å². The summed E-state index contributed by atoms with van der Waals surface area (Å²) in [6.45, 7) is 2.22. The predicted octanol–water partition coefficient (Wildman–Crippen LogP) is 4.93. The second-order valence-electron chi connectivity index (χ2n) is 5.69. The molecule has 0 radical (unpaired) electrons. The van der Waals surface area contributed by atoms with Crippen LogP contribution in [0.3, 0.4) is 0 Å². The number of furan rings is 1. The van der Waals surface area contributed by atoms with Gasteiger partial charge in [-0.15, -0.1) is 0 Å². The molecule has 4 aromatic rings. The Hall–Kier alpha value is -2.95. The maximum Gasteiger partial charge on any atom is 0.177 e. The lowest BCUT2D eigenvalue weighted by Crippen LogP contribution is -2.02. The van der Waals surface area contributed by atoms with Crippen molar-refractivity contribution in [1.29, 1.82) is 0 Å². The van der Waals surface area contributed by atoms with Crippen LogP contribution in [0.1, 0.15) is 11.3 Å². The van der Waals surface area contributed by atoms with Crippen LogP contribution in [0, 0.1) is 18.6 Å². The number of aromatic nitrogens is 2. The van der Waals surface area contributed by atoms with Gasteiger partial charge in [-0.05, 0) is 55.0 Å². The first kappa shape index (κ1) is 14.6. The van der Waals surface area contributed by atoms with Crippen molar-refractivity contribution in [3.63, 3.8) is 0 Å². The molecule has 2 aromatic heterocycles. The Morgan fingerprint density at radius 3 is 2.58 bits per heavy atom. The quantitative estimate of drug-likeness (QED) is 0.535. The number of imidazole rings is 1. The first-order chi connectivity index (χ1) is 11.6. The zero-order valence-electron chi connectivity index (χ0n) is 13.0. The molecule has 24 heavy (non-hydrogen) atoms. The highest BCUT2D eigenvalue weighted by molar-refractivity contribution is 5.80. The van der Waals surface area contributed by atoms with Crippen molar-refractivity contribution in [2.24, 2.45) is 0 Å². The van der Waals surface area contributed by atoms with Crippen LogP contribution >= 0.6 is 0 Å². The lowest BCUT2D eigenvalue weighted by Gasteiger charge is -2.08. The molecule has 5 heteroatoms. The Morgan fingerprint density at radius 2 is 1.83 bits per heavy atom. The van der Waals surface area contributed by atoms with Gasteiger partial charge in [0.05, 0.1) is 11.0 Å². The minimum Gasteiger partial charge on any atom is -0.458 e. The topological polar surface area (TPSA) is 31.0 Å². The zero-order valence-corrected chi connectivity index (χ0v) is 13.0. The summed E-state index contributed by atoms with van der Waals surface area (Å²) in [5.74, 6) is 1.30. The van der Waals surface area contributed by atoms with Gasteiger partial charge in [-0.2, -0.15) is 0 Å². The van der Waals surface area contributed by atoms with Gasteiger partial charge in [-0.3, -0.25) is 0 Å². The highest BCUT2D eigenvalue weighted by Crippen LogP contribution is 2.28. The number of rotatable bonds is 3. The maximum absolute atomic E-state index is 13.7. The Labute approximate surface area is 137 Å². The number of halogens is 2. The molecule has 0 saturated heterocycles. The van der Waals surface area contributed by atoms with Crippen molar-refractivity contribution >= 4 is 11.0 Å². The summed E-state index contributed by atoms with van der Waals surface area (Å²) in [6.07, 6.45) is 0. The van der Waals surface area contributed by atoms with E-state index in [9.17, 15) is 8.78 Å². The molecule has 0 amide bonds. The van der Waals surface area contributed by atoms with E-state index in [4.69, 9.17) is 4.42 Å². The first-order valence-electron chi connectivity index (χ1n) is 7.57. The van der Waals surface area contributed by atoms with E-state index in [-0.39, 0.29) is 11.6 Å². The van der Waals surface area contributed by atoms with Crippen molar-refractivity contribution in [2.45, 2.75) is 13.5 Å². The predicted molar refractivity (Wildman–Crippen MR) is 87.6 cm³/mol. The van der Waals surface area contributed by atoms with Gasteiger partial charge >= 0.3 is 0 Å². The van der Waals surface area contributed by atoms with Gasteiger partial charge in [0.2, 0.25) is 0 Å². The van der Waals surface area contributed by atoms with Gasteiger partial charge in [-0.1, -0.05) is 12.1 Å². The fourth-order valence-corrected chi connectivity index (χ4v) is 2.82. The molecule has 2 aromatic carbocycles. The van der Waals surface area contributed by atoms with Crippen molar-refractivity contribution in [3.05, 3.63) is 77.6 Å². The summed E-state index contributed by atoms with van der Waals surface area (Å²) < 4.78 is 34.7. The van der Waals surface area contributed by atoms with Crippen LogP contribution in [0.15, 0.2) is 59.0 Å². The van der Waals surface area contributed by atoms with Crippen LogP contribution in [0.25, 0.3) is 22.6 Å². The third-order valence-corrected chi connectivity index (χ3v) is 3.90. The Balaban J connectivity index is 1.91. The molecule has 0 atom stereocenters. The number of aryl methyl sites for hydroxylation is 1. The van der Waals surface area contributed by atoms with Gasteiger partial charge in [0.25, 0.3) is 0 Å². The maximum atomic E-state index is 13.7. The lowest BCUT2D eigenvalue weighted by atomic mass is 10.2. The molecule has 2 heterocycles. The molecule has 0 unspecified atom stereocenters. The molecule has 0 saturated carbocycles. The van der Waals surface area contributed by atoms with E-state index in [2.05, 4.69) is 4.98 Å². The van der Waals surface area contributed by atoms with Gasteiger partial charge in [0.15, 0.2) is 11.6 Å². The van der Waals surface area contributed by atoms with Crippen molar-refractivity contribution in [3.8, 4) is 11.6 Å².